The second-order valence-electron chi connectivity index (χ2n) is 7.16. The van der Waals surface area contributed by atoms with Gasteiger partial charge in [-0.05, 0) is 38.3 Å². The van der Waals surface area contributed by atoms with E-state index in [-0.39, 0.29) is 6.54 Å². The number of ether oxygens (including phenoxy) is 1. The van der Waals surface area contributed by atoms with Crippen LogP contribution < -0.4 is 0 Å². The van der Waals surface area contributed by atoms with E-state index in [4.69, 9.17) is 4.74 Å². The Kier molecular flexibility index (Phi) is 5.13. The number of hydrogen-bond acceptors (Lipinski definition) is 5. The third-order valence-electron chi connectivity index (χ3n) is 4.14. The van der Waals surface area contributed by atoms with E-state index in [1.165, 1.54) is 11.8 Å². The summed E-state index contributed by atoms with van der Waals surface area (Å²) in [5.41, 5.74) is 1.26. The standard InChI is InChI=1S/C17H24N2O5/c1-11(19(22)23)15(20)14-9-12-7-5-6-8-13(12)10-18(14)16(21)24-17(2,3)4/h5-8,11,14-15,20H,9-10H2,1-4H3/t11?,14-,15-/m0/s1. The van der Waals surface area contributed by atoms with Gasteiger partial charge in [0.05, 0.1) is 6.04 Å². The number of benzene rings is 1. The van der Waals surface area contributed by atoms with Crippen molar-refractivity contribution in [3.8, 4) is 0 Å². The highest BCUT2D eigenvalue weighted by Gasteiger charge is 2.41. The molecule has 1 N–H and O–H groups in total. The maximum absolute atomic E-state index is 12.6. The molecule has 0 saturated carbocycles. The molecule has 24 heavy (non-hydrogen) atoms. The lowest BCUT2D eigenvalue weighted by atomic mass is 9.89. The lowest BCUT2D eigenvalue weighted by Crippen LogP contribution is -2.55. The van der Waals surface area contributed by atoms with E-state index in [2.05, 4.69) is 0 Å². The molecule has 1 heterocycles. The number of aliphatic hydroxyl groups is 1. The second-order valence-corrected chi connectivity index (χ2v) is 7.16. The van der Waals surface area contributed by atoms with Gasteiger partial charge in [-0.1, -0.05) is 24.3 Å². The topological polar surface area (TPSA) is 92.9 Å². The molecule has 1 aromatic rings. The number of nitrogens with zero attached hydrogens (tertiary/aromatic N) is 2. The molecular weight excluding hydrogens is 312 g/mol. The first-order valence-electron chi connectivity index (χ1n) is 7.98. The Labute approximate surface area is 141 Å². The number of nitro groups is 1. The highest BCUT2D eigenvalue weighted by Crippen LogP contribution is 2.28. The van der Waals surface area contributed by atoms with E-state index in [0.717, 1.165) is 11.1 Å². The fourth-order valence-electron chi connectivity index (χ4n) is 2.82. The molecule has 1 aliphatic rings. The van der Waals surface area contributed by atoms with Gasteiger partial charge in [-0.2, -0.15) is 0 Å². The maximum atomic E-state index is 12.6. The first kappa shape index (κ1) is 18.2. The number of hydrogen-bond donors (Lipinski definition) is 1. The Morgan fingerprint density at radius 3 is 2.50 bits per heavy atom. The van der Waals surface area contributed by atoms with Crippen molar-refractivity contribution in [2.75, 3.05) is 0 Å². The molecule has 0 aliphatic carbocycles. The van der Waals surface area contributed by atoms with Crippen molar-refractivity contribution < 1.29 is 19.6 Å². The predicted octanol–water partition coefficient (Wildman–Crippen LogP) is 2.37. The molecule has 0 bridgehead atoms. The molecule has 1 unspecified atom stereocenters. The molecule has 1 amide bonds. The SMILES string of the molecule is CC([C@H](O)[C@@H]1Cc2ccccc2CN1C(=O)OC(C)(C)C)[N+](=O)[O-]. The summed E-state index contributed by atoms with van der Waals surface area (Å²) in [5, 5.41) is 21.5. The fraction of sp³-hybridized carbons (Fsp3) is 0.588. The minimum Gasteiger partial charge on any atom is -0.444 e. The summed E-state index contributed by atoms with van der Waals surface area (Å²) in [6.45, 7) is 6.88. The van der Waals surface area contributed by atoms with E-state index in [9.17, 15) is 20.0 Å². The van der Waals surface area contributed by atoms with Crippen LogP contribution in [0.1, 0.15) is 38.8 Å². The summed E-state index contributed by atoms with van der Waals surface area (Å²) >= 11 is 0. The highest BCUT2D eigenvalue weighted by molar-refractivity contribution is 5.69. The Morgan fingerprint density at radius 1 is 1.38 bits per heavy atom. The molecule has 132 valence electrons. The molecular formula is C17H24N2O5. The van der Waals surface area contributed by atoms with E-state index in [0.29, 0.717) is 6.42 Å². The van der Waals surface area contributed by atoms with Crippen molar-refractivity contribution in [2.45, 2.75) is 64.4 Å². The van der Waals surface area contributed by atoms with Crippen LogP contribution in [-0.4, -0.2) is 44.8 Å². The third kappa shape index (κ3) is 4.03. The van der Waals surface area contributed by atoms with E-state index >= 15 is 0 Å². The minimum absolute atomic E-state index is 0.261. The Balaban J connectivity index is 2.32. The van der Waals surface area contributed by atoms with Crippen molar-refractivity contribution in [1.82, 2.24) is 4.90 Å². The average Bonchev–Trinajstić information content (AvgIpc) is 2.50. The number of amides is 1. The van der Waals surface area contributed by atoms with Crippen molar-refractivity contribution in [3.63, 3.8) is 0 Å². The Bertz CT molecular complexity index is 626. The summed E-state index contributed by atoms with van der Waals surface area (Å²) in [4.78, 5) is 24.5. The zero-order valence-corrected chi connectivity index (χ0v) is 14.4. The minimum atomic E-state index is -1.28. The molecule has 0 aromatic heterocycles. The first-order valence-corrected chi connectivity index (χ1v) is 7.98. The summed E-state index contributed by atoms with van der Waals surface area (Å²) < 4.78 is 5.42. The van der Waals surface area contributed by atoms with Crippen molar-refractivity contribution in [1.29, 1.82) is 0 Å². The quantitative estimate of drug-likeness (QED) is 0.676. The molecule has 0 saturated heterocycles. The maximum Gasteiger partial charge on any atom is 0.410 e. The van der Waals surface area contributed by atoms with Crippen LogP contribution in [0.4, 0.5) is 4.79 Å². The van der Waals surface area contributed by atoms with E-state index in [1.807, 2.05) is 24.3 Å². The number of carbonyl (C=O) groups is 1. The van der Waals surface area contributed by atoms with Crippen molar-refractivity contribution in [3.05, 3.63) is 45.5 Å². The first-order chi connectivity index (χ1) is 11.1. The smallest absolute Gasteiger partial charge is 0.410 e. The number of rotatable bonds is 3. The molecule has 1 aromatic carbocycles. The number of carbonyl (C=O) groups excluding carboxylic acids is 1. The molecule has 7 nitrogen and oxygen atoms in total. The van der Waals surface area contributed by atoms with Gasteiger partial charge in [-0.25, -0.2) is 4.79 Å². The fourth-order valence-corrected chi connectivity index (χ4v) is 2.82. The lowest BCUT2D eigenvalue weighted by molar-refractivity contribution is -0.531. The van der Waals surface area contributed by atoms with Crippen LogP contribution in [0.5, 0.6) is 0 Å². The van der Waals surface area contributed by atoms with Gasteiger partial charge in [0, 0.05) is 18.4 Å². The van der Waals surface area contributed by atoms with Gasteiger partial charge < -0.3 is 9.84 Å². The van der Waals surface area contributed by atoms with Gasteiger partial charge in [-0.3, -0.25) is 15.0 Å². The number of fused-ring (bicyclic) bond motifs is 1. The van der Waals surface area contributed by atoms with Crippen molar-refractivity contribution >= 4 is 6.09 Å². The van der Waals surface area contributed by atoms with Crippen LogP contribution >= 0.6 is 0 Å². The molecule has 3 atom stereocenters. The summed E-state index contributed by atoms with van der Waals surface area (Å²) in [6, 6.07) is 5.70. The van der Waals surface area contributed by atoms with Crippen molar-refractivity contribution in [2.24, 2.45) is 0 Å². The van der Waals surface area contributed by atoms with Gasteiger partial charge in [0.1, 0.15) is 11.7 Å². The Morgan fingerprint density at radius 2 is 1.96 bits per heavy atom. The summed E-state index contributed by atoms with van der Waals surface area (Å²) in [5.74, 6) is 0. The van der Waals surface area contributed by atoms with Gasteiger partial charge >= 0.3 is 6.09 Å². The Hall–Kier alpha value is -2.15. The second kappa shape index (κ2) is 6.76. The molecule has 2 rings (SSSR count). The largest absolute Gasteiger partial charge is 0.444 e. The molecule has 1 aliphatic heterocycles. The van der Waals surface area contributed by atoms with Gasteiger partial charge in [0.25, 0.3) is 0 Å². The molecule has 0 spiro atoms. The molecule has 0 radical (unpaired) electrons. The average molecular weight is 336 g/mol. The third-order valence-corrected chi connectivity index (χ3v) is 4.14. The van der Waals surface area contributed by atoms with Crippen LogP contribution in [0.3, 0.4) is 0 Å². The van der Waals surface area contributed by atoms with Crippen LogP contribution in [0.25, 0.3) is 0 Å². The van der Waals surface area contributed by atoms with Crippen LogP contribution in [0.2, 0.25) is 0 Å². The molecule has 0 fully saturated rings. The summed E-state index contributed by atoms with van der Waals surface area (Å²) in [7, 11) is 0. The van der Waals surface area contributed by atoms with Gasteiger partial charge in [0.15, 0.2) is 0 Å². The molecule has 7 heteroatoms. The highest BCUT2D eigenvalue weighted by atomic mass is 16.6. The van der Waals surface area contributed by atoms with Gasteiger partial charge in [-0.15, -0.1) is 0 Å². The predicted molar refractivity (Wildman–Crippen MR) is 88.2 cm³/mol. The van der Waals surface area contributed by atoms with E-state index in [1.54, 1.807) is 20.8 Å². The number of aliphatic hydroxyl groups excluding tert-OH is 1. The van der Waals surface area contributed by atoms with Crippen LogP contribution in [-0.2, 0) is 17.7 Å². The van der Waals surface area contributed by atoms with Crippen LogP contribution in [0, 0.1) is 10.1 Å². The van der Waals surface area contributed by atoms with Gasteiger partial charge in [0.2, 0.25) is 6.04 Å². The monoisotopic (exact) mass is 336 g/mol. The van der Waals surface area contributed by atoms with E-state index < -0.39 is 34.8 Å². The normalized spacial score (nSPS) is 20.0. The van der Waals surface area contributed by atoms with Crippen LogP contribution in [0.15, 0.2) is 24.3 Å². The summed E-state index contributed by atoms with van der Waals surface area (Å²) in [6.07, 6.45) is -1.49. The lowest BCUT2D eigenvalue weighted by Gasteiger charge is -2.39. The zero-order valence-electron chi connectivity index (χ0n) is 14.4. The zero-order chi connectivity index (χ0) is 18.1.